The van der Waals surface area contributed by atoms with E-state index in [1.165, 1.54) is 6.21 Å². The fourth-order valence-corrected chi connectivity index (χ4v) is 1.52. The summed E-state index contributed by atoms with van der Waals surface area (Å²) in [6.45, 7) is 3.25. The van der Waals surface area contributed by atoms with E-state index in [-0.39, 0.29) is 0 Å². The first-order valence-corrected chi connectivity index (χ1v) is 4.86. The Kier molecular flexibility index (Phi) is 3.14. The lowest BCUT2D eigenvalue weighted by Gasteiger charge is -2.27. The maximum Gasteiger partial charge on any atom is 0.128 e. The van der Waals surface area contributed by atoms with Crippen LogP contribution in [0.15, 0.2) is 23.5 Å². The van der Waals surface area contributed by atoms with Crippen molar-refractivity contribution in [2.75, 3.05) is 31.2 Å². The van der Waals surface area contributed by atoms with Crippen LogP contribution in [0.4, 0.5) is 5.82 Å². The Morgan fingerprint density at radius 2 is 2.20 bits per heavy atom. The van der Waals surface area contributed by atoms with E-state index in [0.717, 1.165) is 37.7 Å². The van der Waals surface area contributed by atoms with E-state index in [1.807, 2.05) is 12.1 Å². The number of hydrogen-bond acceptors (Lipinski definition) is 5. The number of hydrogen-bond donors (Lipinski definition) is 1. The van der Waals surface area contributed by atoms with Crippen LogP contribution in [0.2, 0.25) is 0 Å². The summed E-state index contributed by atoms with van der Waals surface area (Å²) in [6.07, 6.45) is 3.04. The van der Waals surface area contributed by atoms with Crippen LogP contribution in [0, 0.1) is 0 Å². The van der Waals surface area contributed by atoms with E-state index in [4.69, 9.17) is 9.94 Å². The SMILES string of the molecule is O/N=C/c1ccc(N2CCOCC2)nc1. The molecule has 15 heavy (non-hydrogen) atoms. The highest BCUT2D eigenvalue weighted by Gasteiger charge is 2.11. The van der Waals surface area contributed by atoms with E-state index >= 15 is 0 Å². The molecule has 1 N–H and O–H groups in total. The van der Waals surface area contributed by atoms with Gasteiger partial charge in [0.05, 0.1) is 19.4 Å². The molecule has 1 saturated heterocycles. The second-order valence-electron chi connectivity index (χ2n) is 3.29. The summed E-state index contributed by atoms with van der Waals surface area (Å²) in [5.74, 6) is 0.938. The van der Waals surface area contributed by atoms with Crippen LogP contribution in [0.5, 0.6) is 0 Å². The molecule has 0 aliphatic carbocycles. The average molecular weight is 207 g/mol. The zero-order valence-electron chi connectivity index (χ0n) is 8.33. The minimum absolute atomic E-state index is 0.752. The normalized spacial score (nSPS) is 17.2. The largest absolute Gasteiger partial charge is 0.411 e. The molecule has 0 unspecified atom stereocenters. The van der Waals surface area contributed by atoms with E-state index in [2.05, 4.69) is 15.0 Å². The molecular weight excluding hydrogens is 194 g/mol. The maximum atomic E-state index is 8.35. The van der Waals surface area contributed by atoms with Crippen molar-refractivity contribution in [1.29, 1.82) is 0 Å². The highest BCUT2D eigenvalue weighted by atomic mass is 16.5. The van der Waals surface area contributed by atoms with Crippen LogP contribution in [0.25, 0.3) is 0 Å². The van der Waals surface area contributed by atoms with E-state index in [1.54, 1.807) is 6.20 Å². The van der Waals surface area contributed by atoms with Gasteiger partial charge in [-0.1, -0.05) is 5.16 Å². The first kappa shape index (κ1) is 9.92. The molecule has 5 heteroatoms. The van der Waals surface area contributed by atoms with Gasteiger partial charge in [-0.3, -0.25) is 0 Å². The summed E-state index contributed by atoms with van der Waals surface area (Å²) < 4.78 is 5.26. The first-order valence-electron chi connectivity index (χ1n) is 4.86. The molecule has 2 heterocycles. The Balaban J connectivity index is 2.08. The van der Waals surface area contributed by atoms with E-state index in [0.29, 0.717) is 0 Å². The molecular formula is C10H13N3O2. The third-order valence-corrected chi connectivity index (χ3v) is 2.31. The van der Waals surface area contributed by atoms with Gasteiger partial charge in [0.2, 0.25) is 0 Å². The van der Waals surface area contributed by atoms with Crippen LogP contribution in [0.1, 0.15) is 5.56 Å². The number of nitrogens with zero attached hydrogens (tertiary/aromatic N) is 3. The lowest BCUT2D eigenvalue weighted by atomic mass is 10.3. The highest BCUT2D eigenvalue weighted by molar-refractivity contribution is 5.78. The Bertz CT molecular complexity index is 331. The number of pyridine rings is 1. The van der Waals surface area contributed by atoms with Gasteiger partial charge in [-0.2, -0.15) is 0 Å². The van der Waals surface area contributed by atoms with Crippen molar-refractivity contribution >= 4 is 12.0 Å². The van der Waals surface area contributed by atoms with Crippen molar-refractivity contribution in [1.82, 2.24) is 4.98 Å². The van der Waals surface area contributed by atoms with Gasteiger partial charge in [-0.25, -0.2) is 4.98 Å². The molecule has 1 fully saturated rings. The summed E-state index contributed by atoms with van der Waals surface area (Å²) in [4.78, 5) is 6.46. The first-order chi connectivity index (χ1) is 7.40. The number of oxime groups is 1. The molecule has 80 valence electrons. The van der Waals surface area contributed by atoms with Gasteiger partial charge in [-0.05, 0) is 12.1 Å². The monoisotopic (exact) mass is 207 g/mol. The van der Waals surface area contributed by atoms with Crippen molar-refractivity contribution in [2.45, 2.75) is 0 Å². The van der Waals surface area contributed by atoms with E-state index < -0.39 is 0 Å². The van der Waals surface area contributed by atoms with Gasteiger partial charge < -0.3 is 14.8 Å². The zero-order valence-corrected chi connectivity index (χ0v) is 8.33. The third-order valence-electron chi connectivity index (χ3n) is 2.31. The molecule has 0 radical (unpaired) electrons. The molecule has 1 aromatic heterocycles. The van der Waals surface area contributed by atoms with Gasteiger partial charge in [-0.15, -0.1) is 0 Å². The minimum Gasteiger partial charge on any atom is -0.411 e. The van der Waals surface area contributed by atoms with Crippen LogP contribution in [-0.4, -0.2) is 42.7 Å². The zero-order chi connectivity index (χ0) is 10.5. The van der Waals surface area contributed by atoms with Crippen LogP contribution in [-0.2, 0) is 4.74 Å². The summed E-state index contributed by atoms with van der Waals surface area (Å²) >= 11 is 0. The maximum absolute atomic E-state index is 8.35. The summed E-state index contributed by atoms with van der Waals surface area (Å²) in [6, 6.07) is 3.79. The molecule has 1 aliphatic rings. The van der Waals surface area contributed by atoms with E-state index in [9.17, 15) is 0 Å². The molecule has 0 amide bonds. The summed E-state index contributed by atoms with van der Waals surface area (Å²) in [7, 11) is 0. The second-order valence-corrected chi connectivity index (χ2v) is 3.29. The molecule has 1 aliphatic heterocycles. The quantitative estimate of drug-likeness (QED) is 0.441. The van der Waals surface area contributed by atoms with Crippen molar-refractivity contribution in [3.63, 3.8) is 0 Å². The Labute approximate surface area is 88.0 Å². The Morgan fingerprint density at radius 3 is 2.80 bits per heavy atom. The molecule has 0 aromatic carbocycles. The van der Waals surface area contributed by atoms with Gasteiger partial charge in [0.15, 0.2) is 0 Å². The fourth-order valence-electron chi connectivity index (χ4n) is 1.52. The summed E-state index contributed by atoms with van der Waals surface area (Å²) in [5.41, 5.74) is 0.787. The smallest absolute Gasteiger partial charge is 0.128 e. The highest BCUT2D eigenvalue weighted by Crippen LogP contribution is 2.12. The lowest BCUT2D eigenvalue weighted by Crippen LogP contribution is -2.36. The fraction of sp³-hybridized carbons (Fsp3) is 0.400. The van der Waals surface area contributed by atoms with Crippen molar-refractivity contribution < 1.29 is 9.94 Å². The second kappa shape index (κ2) is 4.75. The van der Waals surface area contributed by atoms with Crippen LogP contribution in [0.3, 0.4) is 0 Å². The Morgan fingerprint density at radius 1 is 1.40 bits per heavy atom. The topological polar surface area (TPSA) is 58.0 Å². The molecule has 0 atom stereocenters. The van der Waals surface area contributed by atoms with Crippen molar-refractivity contribution in [3.05, 3.63) is 23.9 Å². The summed E-state index contributed by atoms with van der Waals surface area (Å²) in [5, 5.41) is 11.3. The van der Waals surface area contributed by atoms with Crippen LogP contribution < -0.4 is 4.90 Å². The lowest BCUT2D eigenvalue weighted by molar-refractivity contribution is 0.122. The molecule has 0 saturated carbocycles. The van der Waals surface area contributed by atoms with Gasteiger partial charge >= 0.3 is 0 Å². The molecule has 0 bridgehead atoms. The van der Waals surface area contributed by atoms with Crippen molar-refractivity contribution in [2.24, 2.45) is 5.16 Å². The predicted molar refractivity (Wildman–Crippen MR) is 56.6 cm³/mol. The molecule has 5 nitrogen and oxygen atoms in total. The van der Waals surface area contributed by atoms with Crippen molar-refractivity contribution in [3.8, 4) is 0 Å². The molecule has 2 rings (SSSR count). The Hall–Kier alpha value is -1.62. The van der Waals surface area contributed by atoms with Gasteiger partial charge in [0.1, 0.15) is 5.82 Å². The standard InChI is InChI=1S/C10H13N3O2/c14-12-8-9-1-2-10(11-7-9)13-3-5-15-6-4-13/h1-2,7-8,14H,3-6H2/b12-8+. The predicted octanol–water partition coefficient (Wildman–Crippen LogP) is 0.726. The minimum atomic E-state index is 0.752. The van der Waals surface area contributed by atoms with Gasteiger partial charge in [0.25, 0.3) is 0 Å². The third kappa shape index (κ3) is 2.44. The number of morpholine rings is 1. The number of anilines is 1. The number of rotatable bonds is 2. The van der Waals surface area contributed by atoms with Gasteiger partial charge in [0, 0.05) is 24.8 Å². The average Bonchev–Trinajstić information content (AvgIpc) is 2.32. The van der Waals surface area contributed by atoms with Crippen LogP contribution >= 0.6 is 0 Å². The number of ether oxygens (including phenoxy) is 1. The molecule has 1 aromatic rings. The molecule has 0 spiro atoms. The number of aromatic nitrogens is 1.